The highest BCUT2D eigenvalue weighted by molar-refractivity contribution is 5.43. The Morgan fingerprint density at radius 2 is 1.81 bits per heavy atom. The standard InChI is InChI=1S/C17H14F2O2/c1-12-7-13(3-2-6-20)4-5-17(12)21-11-14-8-15(18)10-16(19)9-14/h4-5,7-10,20H,6,11H2,1H3. The molecule has 2 aromatic carbocycles. The van der Waals surface area contributed by atoms with Crippen molar-refractivity contribution in [1.29, 1.82) is 0 Å². The zero-order valence-corrected chi connectivity index (χ0v) is 11.5. The first-order chi connectivity index (χ1) is 10.1. The first-order valence-electron chi connectivity index (χ1n) is 6.36. The Kier molecular flexibility index (Phi) is 4.91. The summed E-state index contributed by atoms with van der Waals surface area (Å²) in [6.45, 7) is 1.74. The molecular weight excluding hydrogens is 274 g/mol. The van der Waals surface area contributed by atoms with Gasteiger partial charge < -0.3 is 9.84 Å². The second-order valence-corrected chi connectivity index (χ2v) is 4.51. The van der Waals surface area contributed by atoms with Crippen molar-refractivity contribution in [2.45, 2.75) is 13.5 Å². The fourth-order valence-corrected chi connectivity index (χ4v) is 1.89. The summed E-state index contributed by atoms with van der Waals surface area (Å²) in [4.78, 5) is 0. The third-order valence-corrected chi connectivity index (χ3v) is 2.80. The molecule has 0 amide bonds. The van der Waals surface area contributed by atoms with Crippen LogP contribution in [0, 0.1) is 30.4 Å². The normalized spacial score (nSPS) is 9.90. The minimum Gasteiger partial charge on any atom is -0.489 e. The summed E-state index contributed by atoms with van der Waals surface area (Å²) in [5.74, 6) is 4.73. The molecule has 0 saturated carbocycles. The van der Waals surface area contributed by atoms with E-state index in [4.69, 9.17) is 9.84 Å². The number of aliphatic hydroxyl groups excluding tert-OH is 1. The summed E-state index contributed by atoms with van der Waals surface area (Å²) in [6, 6.07) is 8.62. The summed E-state index contributed by atoms with van der Waals surface area (Å²) in [7, 11) is 0. The van der Waals surface area contributed by atoms with Crippen molar-refractivity contribution in [1.82, 2.24) is 0 Å². The number of aryl methyl sites for hydroxylation is 1. The SMILES string of the molecule is Cc1cc(C#CCO)ccc1OCc1cc(F)cc(F)c1. The lowest BCUT2D eigenvalue weighted by molar-refractivity contribution is 0.302. The molecule has 2 aromatic rings. The third-order valence-electron chi connectivity index (χ3n) is 2.80. The van der Waals surface area contributed by atoms with Crippen molar-refractivity contribution in [2.24, 2.45) is 0 Å². The van der Waals surface area contributed by atoms with Crippen LogP contribution in [0.2, 0.25) is 0 Å². The Labute approximate surface area is 122 Å². The largest absolute Gasteiger partial charge is 0.489 e. The van der Waals surface area contributed by atoms with Crippen LogP contribution in [0.1, 0.15) is 16.7 Å². The van der Waals surface area contributed by atoms with Crippen molar-refractivity contribution in [3.8, 4) is 17.6 Å². The van der Waals surface area contributed by atoms with Gasteiger partial charge in [-0.15, -0.1) is 0 Å². The summed E-state index contributed by atoms with van der Waals surface area (Å²) in [5.41, 5.74) is 2.05. The highest BCUT2D eigenvalue weighted by atomic mass is 19.1. The number of halogens is 2. The van der Waals surface area contributed by atoms with Gasteiger partial charge in [0, 0.05) is 11.6 Å². The molecule has 0 radical (unpaired) electrons. The smallest absolute Gasteiger partial charge is 0.126 e. The average Bonchev–Trinajstić information content (AvgIpc) is 2.43. The lowest BCUT2D eigenvalue weighted by atomic mass is 10.1. The number of hydrogen-bond acceptors (Lipinski definition) is 2. The second-order valence-electron chi connectivity index (χ2n) is 4.51. The van der Waals surface area contributed by atoms with E-state index in [0.717, 1.165) is 17.2 Å². The Morgan fingerprint density at radius 3 is 2.43 bits per heavy atom. The predicted octanol–water partition coefficient (Wildman–Crippen LogP) is 3.20. The molecule has 2 rings (SSSR count). The third kappa shape index (κ3) is 4.30. The van der Waals surface area contributed by atoms with Crippen LogP contribution < -0.4 is 4.74 Å². The minimum absolute atomic E-state index is 0.0805. The van der Waals surface area contributed by atoms with E-state index in [2.05, 4.69) is 11.8 Å². The minimum atomic E-state index is -0.625. The Bertz CT molecular complexity index is 679. The molecule has 0 bridgehead atoms. The maximum absolute atomic E-state index is 13.1. The van der Waals surface area contributed by atoms with Crippen LogP contribution in [0.5, 0.6) is 5.75 Å². The van der Waals surface area contributed by atoms with Gasteiger partial charge in [-0.05, 0) is 48.4 Å². The number of ether oxygens (including phenoxy) is 1. The summed E-state index contributed by atoms with van der Waals surface area (Å²) >= 11 is 0. The molecule has 4 heteroatoms. The van der Waals surface area contributed by atoms with Gasteiger partial charge in [-0.25, -0.2) is 8.78 Å². The van der Waals surface area contributed by atoms with Crippen LogP contribution in [-0.4, -0.2) is 11.7 Å². The van der Waals surface area contributed by atoms with Gasteiger partial charge in [0.05, 0.1) is 0 Å². The first-order valence-corrected chi connectivity index (χ1v) is 6.36. The van der Waals surface area contributed by atoms with E-state index in [-0.39, 0.29) is 13.2 Å². The maximum Gasteiger partial charge on any atom is 0.126 e. The van der Waals surface area contributed by atoms with Crippen molar-refractivity contribution >= 4 is 0 Å². The van der Waals surface area contributed by atoms with Gasteiger partial charge in [-0.1, -0.05) is 11.8 Å². The number of aliphatic hydroxyl groups is 1. The summed E-state index contributed by atoms with van der Waals surface area (Å²) < 4.78 is 31.7. The van der Waals surface area contributed by atoms with E-state index in [1.807, 2.05) is 13.0 Å². The summed E-state index contributed by atoms with van der Waals surface area (Å²) in [6.07, 6.45) is 0. The topological polar surface area (TPSA) is 29.5 Å². The van der Waals surface area contributed by atoms with E-state index >= 15 is 0 Å². The second kappa shape index (κ2) is 6.87. The van der Waals surface area contributed by atoms with Gasteiger partial charge in [-0.2, -0.15) is 0 Å². The van der Waals surface area contributed by atoms with Gasteiger partial charge in [0.25, 0.3) is 0 Å². The van der Waals surface area contributed by atoms with Gasteiger partial charge in [-0.3, -0.25) is 0 Å². The van der Waals surface area contributed by atoms with Crippen molar-refractivity contribution in [3.05, 3.63) is 64.7 Å². The number of rotatable bonds is 3. The quantitative estimate of drug-likeness (QED) is 0.879. The molecule has 0 aliphatic carbocycles. The van der Waals surface area contributed by atoms with Crippen molar-refractivity contribution in [2.75, 3.05) is 6.61 Å². The van der Waals surface area contributed by atoms with Gasteiger partial charge in [0.15, 0.2) is 0 Å². The molecular formula is C17H14F2O2. The molecule has 0 fully saturated rings. The molecule has 108 valence electrons. The van der Waals surface area contributed by atoms with Gasteiger partial charge >= 0.3 is 0 Å². The lowest BCUT2D eigenvalue weighted by Gasteiger charge is -2.09. The highest BCUT2D eigenvalue weighted by Gasteiger charge is 2.04. The zero-order chi connectivity index (χ0) is 15.2. The molecule has 1 N–H and O–H groups in total. The van der Waals surface area contributed by atoms with Gasteiger partial charge in [0.1, 0.15) is 30.6 Å². The zero-order valence-electron chi connectivity index (χ0n) is 11.5. The number of hydrogen-bond donors (Lipinski definition) is 1. The fraction of sp³-hybridized carbons (Fsp3) is 0.176. The molecule has 0 saturated heterocycles. The highest BCUT2D eigenvalue weighted by Crippen LogP contribution is 2.20. The van der Waals surface area contributed by atoms with Gasteiger partial charge in [0.2, 0.25) is 0 Å². The average molecular weight is 288 g/mol. The molecule has 0 aliphatic heterocycles. The number of benzene rings is 2. The Balaban J connectivity index is 2.09. The maximum atomic E-state index is 13.1. The van der Waals surface area contributed by atoms with E-state index < -0.39 is 11.6 Å². The fourth-order valence-electron chi connectivity index (χ4n) is 1.89. The predicted molar refractivity (Wildman–Crippen MR) is 75.8 cm³/mol. The van der Waals surface area contributed by atoms with E-state index in [0.29, 0.717) is 11.3 Å². The monoisotopic (exact) mass is 288 g/mol. The molecule has 0 heterocycles. The van der Waals surface area contributed by atoms with Crippen LogP contribution in [0.15, 0.2) is 36.4 Å². The van der Waals surface area contributed by atoms with Crippen LogP contribution in [0.25, 0.3) is 0 Å². The lowest BCUT2D eigenvalue weighted by Crippen LogP contribution is -1.98. The molecule has 2 nitrogen and oxygen atoms in total. The molecule has 0 unspecified atom stereocenters. The van der Waals surface area contributed by atoms with Crippen molar-refractivity contribution < 1.29 is 18.6 Å². The van der Waals surface area contributed by atoms with E-state index in [1.54, 1.807) is 12.1 Å². The van der Waals surface area contributed by atoms with Crippen LogP contribution in [-0.2, 0) is 6.61 Å². The Morgan fingerprint density at radius 1 is 1.10 bits per heavy atom. The Hall–Kier alpha value is -2.38. The van der Waals surface area contributed by atoms with Crippen LogP contribution in [0.4, 0.5) is 8.78 Å². The first kappa shape index (κ1) is 15.0. The molecule has 21 heavy (non-hydrogen) atoms. The molecule has 0 spiro atoms. The van der Waals surface area contributed by atoms with E-state index in [1.165, 1.54) is 12.1 Å². The molecule has 0 atom stereocenters. The van der Waals surface area contributed by atoms with Crippen LogP contribution >= 0.6 is 0 Å². The van der Waals surface area contributed by atoms with E-state index in [9.17, 15) is 8.78 Å². The molecule has 0 aromatic heterocycles. The summed E-state index contributed by atoms with van der Waals surface area (Å²) in [5, 5.41) is 8.65. The van der Waals surface area contributed by atoms with Crippen molar-refractivity contribution in [3.63, 3.8) is 0 Å². The molecule has 0 aliphatic rings. The van der Waals surface area contributed by atoms with Crippen LogP contribution in [0.3, 0.4) is 0 Å².